The van der Waals surface area contributed by atoms with Crippen LogP contribution in [-0.2, 0) is 0 Å². The molecule has 0 fully saturated rings. The molecule has 0 bridgehead atoms. The first kappa shape index (κ1) is 26.5. The second kappa shape index (κ2) is 11.0. The predicted molar refractivity (Wildman–Crippen MR) is 162 cm³/mol. The molecule has 6 rings (SSSR count). The molecule has 0 atom stereocenters. The van der Waals surface area contributed by atoms with E-state index in [4.69, 9.17) is 0 Å². The Hall–Kier alpha value is -5.76. The summed E-state index contributed by atoms with van der Waals surface area (Å²) in [4.78, 5) is 38.9. The summed E-state index contributed by atoms with van der Waals surface area (Å²) in [7, 11) is 0. The number of benzene rings is 3. The SMILES string of the molecule is Cc1c(NC(=O)c2ccc(C=O)cn2)cccc1-c1cccc(-c2ccn3c(-c4ccc(C=O)cc4)nnc3c2)c1C. The Morgan fingerprint density at radius 2 is 1.43 bits per heavy atom. The average molecular weight is 552 g/mol. The van der Waals surface area contributed by atoms with Crippen LogP contribution in [0.4, 0.5) is 5.69 Å². The fourth-order valence-electron chi connectivity index (χ4n) is 5.06. The van der Waals surface area contributed by atoms with Gasteiger partial charge in [0.2, 0.25) is 0 Å². The molecule has 6 aromatic rings. The van der Waals surface area contributed by atoms with Crippen LogP contribution in [-0.4, -0.2) is 38.1 Å². The van der Waals surface area contributed by atoms with E-state index in [0.29, 0.717) is 34.6 Å². The Kier molecular flexibility index (Phi) is 6.94. The van der Waals surface area contributed by atoms with E-state index in [0.717, 1.165) is 45.2 Å². The number of rotatable bonds is 7. The van der Waals surface area contributed by atoms with Gasteiger partial charge in [0.25, 0.3) is 5.91 Å². The fourth-order valence-corrected chi connectivity index (χ4v) is 5.06. The Morgan fingerprint density at radius 3 is 2.14 bits per heavy atom. The van der Waals surface area contributed by atoms with E-state index in [1.807, 2.05) is 66.1 Å². The second-order valence-corrected chi connectivity index (χ2v) is 9.91. The first-order valence-corrected chi connectivity index (χ1v) is 13.3. The molecule has 0 unspecified atom stereocenters. The quantitative estimate of drug-likeness (QED) is 0.224. The summed E-state index contributed by atoms with van der Waals surface area (Å²) in [6, 6.07) is 26.4. The van der Waals surface area contributed by atoms with Gasteiger partial charge in [-0.25, -0.2) is 0 Å². The first-order chi connectivity index (χ1) is 20.5. The van der Waals surface area contributed by atoms with Gasteiger partial charge in [0.15, 0.2) is 17.8 Å². The van der Waals surface area contributed by atoms with Gasteiger partial charge in [-0.2, -0.15) is 0 Å². The number of hydrogen-bond acceptors (Lipinski definition) is 6. The van der Waals surface area contributed by atoms with Crippen molar-refractivity contribution >= 4 is 29.8 Å². The highest BCUT2D eigenvalue weighted by atomic mass is 16.2. The molecule has 8 heteroatoms. The van der Waals surface area contributed by atoms with Crippen molar-refractivity contribution in [3.05, 3.63) is 125 Å². The van der Waals surface area contributed by atoms with Crippen LogP contribution in [0.1, 0.15) is 42.3 Å². The highest BCUT2D eigenvalue weighted by Gasteiger charge is 2.16. The number of nitrogens with zero attached hydrogens (tertiary/aromatic N) is 4. The number of aromatic nitrogens is 4. The van der Waals surface area contributed by atoms with Crippen molar-refractivity contribution < 1.29 is 14.4 Å². The lowest BCUT2D eigenvalue weighted by atomic mass is 9.90. The number of carbonyl (C=O) groups excluding carboxylic acids is 3. The topological polar surface area (TPSA) is 106 Å². The minimum atomic E-state index is -0.348. The molecule has 8 nitrogen and oxygen atoms in total. The number of carbonyl (C=O) groups is 3. The van der Waals surface area contributed by atoms with Crippen LogP contribution < -0.4 is 5.32 Å². The zero-order valence-corrected chi connectivity index (χ0v) is 22.9. The Labute approximate surface area is 241 Å². The molecule has 3 aromatic heterocycles. The molecule has 0 saturated heterocycles. The summed E-state index contributed by atoms with van der Waals surface area (Å²) in [5, 5.41) is 11.7. The molecule has 0 radical (unpaired) electrons. The van der Waals surface area contributed by atoms with Gasteiger partial charge in [-0.15, -0.1) is 10.2 Å². The number of nitrogens with one attached hydrogen (secondary N) is 1. The number of anilines is 1. The molecule has 0 saturated carbocycles. The van der Waals surface area contributed by atoms with E-state index in [-0.39, 0.29) is 11.6 Å². The molecule has 1 N–H and O–H groups in total. The zero-order valence-electron chi connectivity index (χ0n) is 22.9. The third-order valence-electron chi connectivity index (χ3n) is 7.39. The summed E-state index contributed by atoms with van der Waals surface area (Å²) >= 11 is 0. The van der Waals surface area contributed by atoms with Crippen LogP contribution in [0, 0.1) is 13.8 Å². The molecule has 204 valence electrons. The van der Waals surface area contributed by atoms with Crippen molar-refractivity contribution in [2.45, 2.75) is 13.8 Å². The third-order valence-corrected chi connectivity index (χ3v) is 7.39. The molecule has 3 heterocycles. The third kappa shape index (κ3) is 4.86. The number of fused-ring (bicyclic) bond motifs is 1. The zero-order chi connectivity index (χ0) is 29.2. The van der Waals surface area contributed by atoms with E-state index in [1.54, 1.807) is 18.2 Å². The molecule has 1 amide bonds. The van der Waals surface area contributed by atoms with Crippen LogP contribution in [0.5, 0.6) is 0 Å². The average Bonchev–Trinajstić information content (AvgIpc) is 3.46. The molecular weight excluding hydrogens is 526 g/mol. The van der Waals surface area contributed by atoms with E-state index in [1.165, 1.54) is 12.3 Å². The lowest BCUT2D eigenvalue weighted by Crippen LogP contribution is -2.14. The van der Waals surface area contributed by atoms with E-state index >= 15 is 0 Å². The van der Waals surface area contributed by atoms with Crippen molar-refractivity contribution in [3.63, 3.8) is 0 Å². The van der Waals surface area contributed by atoms with Gasteiger partial charge in [0.1, 0.15) is 12.0 Å². The number of pyridine rings is 2. The van der Waals surface area contributed by atoms with Crippen LogP contribution in [0.2, 0.25) is 0 Å². The molecular formula is C34H25N5O3. The predicted octanol–water partition coefficient (Wildman–Crippen LogP) is 6.62. The summed E-state index contributed by atoms with van der Waals surface area (Å²) in [5.74, 6) is 0.350. The van der Waals surface area contributed by atoms with Gasteiger partial charge in [-0.1, -0.05) is 54.6 Å². The highest BCUT2D eigenvalue weighted by Crippen LogP contribution is 2.36. The Morgan fingerprint density at radius 1 is 0.738 bits per heavy atom. The smallest absolute Gasteiger partial charge is 0.274 e. The Bertz CT molecular complexity index is 1980. The van der Waals surface area contributed by atoms with Gasteiger partial charge in [-0.3, -0.25) is 23.8 Å². The minimum absolute atomic E-state index is 0.230. The molecule has 0 spiro atoms. The normalized spacial score (nSPS) is 10.9. The Balaban J connectivity index is 1.32. The fraction of sp³-hybridized carbons (Fsp3) is 0.0588. The van der Waals surface area contributed by atoms with Crippen molar-refractivity contribution in [2.24, 2.45) is 0 Å². The lowest BCUT2D eigenvalue weighted by molar-refractivity contribution is 0.102. The van der Waals surface area contributed by atoms with Crippen molar-refractivity contribution in [1.29, 1.82) is 0 Å². The summed E-state index contributed by atoms with van der Waals surface area (Å²) in [6.07, 6.45) is 4.84. The van der Waals surface area contributed by atoms with Crippen LogP contribution in [0.15, 0.2) is 97.3 Å². The molecule has 0 aliphatic heterocycles. The molecule has 0 aliphatic rings. The number of amides is 1. The van der Waals surface area contributed by atoms with E-state index in [2.05, 4.69) is 39.6 Å². The summed E-state index contributed by atoms with van der Waals surface area (Å²) < 4.78 is 1.93. The van der Waals surface area contributed by atoms with E-state index in [9.17, 15) is 14.4 Å². The van der Waals surface area contributed by atoms with Gasteiger partial charge in [-0.05, 0) is 77.6 Å². The largest absolute Gasteiger partial charge is 0.320 e. The molecule has 42 heavy (non-hydrogen) atoms. The lowest BCUT2D eigenvalue weighted by Gasteiger charge is -2.16. The summed E-state index contributed by atoms with van der Waals surface area (Å²) in [5.41, 5.74) is 9.64. The van der Waals surface area contributed by atoms with Crippen LogP contribution >= 0.6 is 0 Å². The number of hydrogen-bond donors (Lipinski definition) is 1. The maximum Gasteiger partial charge on any atom is 0.274 e. The van der Waals surface area contributed by atoms with Gasteiger partial charge in [0.05, 0.1) is 0 Å². The minimum Gasteiger partial charge on any atom is -0.320 e. The highest BCUT2D eigenvalue weighted by molar-refractivity contribution is 6.04. The van der Waals surface area contributed by atoms with Crippen molar-refractivity contribution in [3.8, 4) is 33.6 Å². The van der Waals surface area contributed by atoms with Crippen LogP contribution in [0.3, 0.4) is 0 Å². The number of aldehydes is 2. The van der Waals surface area contributed by atoms with Crippen molar-refractivity contribution in [2.75, 3.05) is 5.32 Å². The van der Waals surface area contributed by atoms with Gasteiger partial charge < -0.3 is 5.32 Å². The van der Waals surface area contributed by atoms with Gasteiger partial charge >= 0.3 is 0 Å². The second-order valence-electron chi connectivity index (χ2n) is 9.91. The van der Waals surface area contributed by atoms with Crippen LogP contribution in [0.25, 0.3) is 39.3 Å². The monoisotopic (exact) mass is 551 g/mol. The maximum absolute atomic E-state index is 12.9. The van der Waals surface area contributed by atoms with Gasteiger partial charge in [0, 0.05) is 34.8 Å². The maximum atomic E-state index is 12.9. The van der Waals surface area contributed by atoms with E-state index < -0.39 is 0 Å². The first-order valence-electron chi connectivity index (χ1n) is 13.3. The standard InChI is InChI=1S/C34H25N5O3/c1-21-27(26-15-16-39-32(17-26)37-38-33(39)25-12-9-23(19-40)10-13-25)5-3-6-28(21)29-7-4-8-30(22(29)2)36-34(42)31-14-11-24(20-41)18-35-31/h3-20H,1-2H3,(H,36,42). The molecule has 0 aliphatic carbocycles. The summed E-state index contributed by atoms with van der Waals surface area (Å²) in [6.45, 7) is 4.06. The van der Waals surface area contributed by atoms with Crippen molar-refractivity contribution in [1.82, 2.24) is 19.6 Å². The molecule has 3 aromatic carbocycles.